The maximum atomic E-state index is 12.5. The molecule has 8 heteroatoms. The molecule has 2 N–H and O–H groups in total. The molecule has 4 aromatic rings. The Morgan fingerprint density at radius 1 is 1.28 bits per heavy atom. The van der Waals surface area contributed by atoms with E-state index in [9.17, 15) is 4.79 Å². The molecular weight excluding hydrogens is 368 g/mol. The molecule has 8 nitrogen and oxygen atoms in total. The highest BCUT2D eigenvalue weighted by Gasteiger charge is 2.17. The molecule has 1 aromatic carbocycles. The molecule has 0 aliphatic rings. The van der Waals surface area contributed by atoms with Crippen molar-refractivity contribution in [3.8, 4) is 17.0 Å². The topological polar surface area (TPSA) is 89.8 Å². The van der Waals surface area contributed by atoms with Gasteiger partial charge in [0.1, 0.15) is 11.4 Å². The molecule has 4 rings (SSSR count). The number of fused-ring (bicyclic) bond motifs is 1. The molecule has 0 radical (unpaired) electrons. The number of aromatic amines is 1. The molecule has 0 bridgehead atoms. The minimum Gasteiger partial charge on any atom is -0.496 e. The van der Waals surface area contributed by atoms with Crippen molar-refractivity contribution in [1.29, 1.82) is 0 Å². The van der Waals surface area contributed by atoms with E-state index >= 15 is 0 Å². The van der Waals surface area contributed by atoms with Gasteiger partial charge in [0.25, 0.3) is 5.91 Å². The van der Waals surface area contributed by atoms with Crippen LogP contribution in [0.5, 0.6) is 5.75 Å². The summed E-state index contributed by atoms with van der Waals surface area (Å²) >= 11 is 0. The highest BCUT2D eigenvalue weighted by molar-refractivity contribution is 5.93. The molecule has 0 atom stereocenters. The first-order valence-corrected chi connectivity index (χ1v) is 9.45. The standard InChI is InChI=1S/C21H24N6O2/c1-13-20(14(2)26(3)25-13)16-12-17(24-23-16)21(28)22-9-11-27-10-8-15-18(27)6-5-7-19(15)29-4/h5-8,10,12H,9,11H2,1-4H3,(H,22,28)(H,23,24). The van der Waals surface area contributed by atoms with Crippen molar-refractivity contribution in [3.05, 3.63) is 53.6 Å². The van der Waals surface area contributed by atoms with Crippen LogP contribution in [0.3, 0.4) is 0 Å². The van der Waals surface area contributed by atoms with E-state index in [4.69, 9.17) is 4.74 Å². The van der Waals surface area contributed by atoms with Gasteiger partial charge < -0.3 is 14.6 Å². The zero-order valence-corrected chi connectivity index (χ0v) is 17.0. The third-order valence-corrected chi connectivity index (χ3v) is 5.22. The number of nitrogens with one attached hydrogen (secondary N) is 2. The summed E-state index contributed by atoms with van der Waals surface area (Å²) in [5, 5.41) is 15.5. The summed E-state index contributed by atoms with van der Waals surface area (Å²) < 4.78 is 9.31. The van der Waals surface area contributed by atoms with Gasteiger partial charge in [-0.25, -0.2) is 0 Å². The predicted octanol–water partition coefficient (Wildman–Crippen LogP) is 2.82. The largest absolute Gasteiger partial charge is 0.496 e. The van der Waals surface area contributed by atoms with Gasteiger partial charge in [0, 0.05) is 43.0 Å². The Balaban J connectivity index is 1.43. The SMILES string of the molecule is COc1cccc2c1ccn2CCNC(=O)c1cc(-c2c(C)nn(C)c2C)n[nH]1. The Kier molecular flexibility index (Phi) is 4.84. The molecule has 1 amide bonds. The van der Waals surface area contributed by atoms with Crippen LogP contribution in [-0.4, -0.2) is 44.1 Å². The van der Waals surface area contributed by atoms with Gasteiger partial charge in [-0.05, 0) is 38.1 Å². The lowest BCUT2D eigenvalue weighted by Crippen LogP contribution is -2.27. The van der Waals surface area contributed by atoms with Crippen LogP contribution in [0.25, 0.3) is 22.2 Å². The van der Waals surface area contributed by atoms with Gasteiger partial charge >= 0.3 is 0 Å². The van der Waals surface area contributed by atoms with E-state index in [0.29, 0.717) is 18.8 Å². The summed E-state index contributed by atoms with van der Waals surface area (Å²) in [5.41, 5.74) is 5.08. The van der Waals surface area contributed by atoms with E-state index in [1.54, 1.807) is 13.2 Å². The summed E-state index contributed by atoms with van der Waals surface area (Å²) in [7, 11) is 3.56. The van der Waals surface area contributed by atoms with E-state index in [1.165, 1.54) is 0 Å². The number of hydrogen-bond acceptors (Lipinski definition) is 4. The molecule has 0 aliphatic carbocycles. The second-order valence-corrected chi connectivity index (χ2v) is 6.99. The Labute approximate surface area is 168 Å². The van der Waals surface area contributed by atoms with Gasteiger partial charge in [-0.15, -0.1) is 0 Å². The minimum absolute atomic E-state index is 0.183. The minimum atomic E-state index is -0.183. The van der Waals surface area contributed by atoms with E-state index in [0.717, 1.165) is 39.3 Å². The van der Waals surface area contributed by atoms with Crippen LogP contribution in [0.2, 0.25) is 0 Å². The van der Waals surface area contributed by atoms with Crippen molar-refractivity contribution >= 4 is 16.8 Å². The van der Waals surface area contributed by atoms with E-state index in [2.05, 4.69) is 25.2 Å². The Morgan fingerprint density at radius 3 is 2.83 bits per heavy atom. The maximum absolute atomic E-state index is 12.5. The molecular formula is C21H24N6O2. The summed E-state index contributed by atoms with van der Waals surface area (Å²) in [5.74, 6) is 0.660. The number of carbonyl (C=O) groups is 1. The summed E-state index contributed by atoms with van der Waals surface area (Å²) in [6.07, 6.45) is 2.00. The number of carbonyl (C=O) groups excluding carboxylic acids is 1. The first-order valence-electron chi connectivity index (χ1n) is 9.45. The van der Waals surface area contributed by atoms with Gasteiger partial charge in [0.2, 0.25) is 0 Å². The molecule has 3 heterocycles. The normalized spacial score (nSPS) is 11.2. The lowest BCUT2D eigenvalue weighted by Gasteiger charge is -2.08. The fraction of sp³-hybridized carbons (Fsp3) is 0.286. The number of rotatable bonds is 6. The second-order valence-electron chi connectivity index (χ2n) is 6.99. The van der Waals surface area contributed by atoms with E-state index < -0.39 is 0 Å². The number of aromatic nitrogens is 5. The van der Waals surface area contributed by atoms with Gasteiger partial charge in [-0.3, -0.25) is 14.6 Å². The number of ether oxygens (including phenoxy) is 1. The van der Waals surface area contributed by atoms with Crippen LogP contribution in [0.15, 0.2) is 36.5 Å². The molecule has 0 saturated heterocycles. The fourth-order valence-electron chi connectivity index (χ4n) is 3.66. The summed E-state index contributed by atoms with van der Waals surface area (Å²) in [4.78, 5) is 12.5. The van der Waals surface area contributed by atoms with Crippen LogP contribution in [0.4, 0.5) is 0 Å². The lowest BCUT2D eigenvalue weighted by atomic mass is 10.1. The third-order valence-electron chi connectivity index (χ3n) is 5.22. The number of methoxy groups -OCH3 is 1. The Morgan fingerprint density at radius 2 is 2.10 bits per heavy atom. The quantitative estimate of drug-likeness (QED) is 0.528. The van der Waals surface area contributed by atoms with Gasteiger partial charge in [-0.2, -0.15) is 10.2 Å². The van der Waals surface area contributed by atoms with Crippen LogP contribution >= 0.6 is 0 Å². The van der Waals surface area contributed by atoms with Gasteiger partial charge in [-0.1, -0.05) is 6.07 Å². The molecule has 0 spiro atoms. The average Bonchev–Trinajstić information content (AvgIpc) is 3.40. The van der Waals surface area contributed by atoms with Crippen molar-refractivity contribution in [2.45, 2.75) is 20.4 Å². The molecule has 29 heavy (non-hydrogen) atoms. The van der Waals surface area contributed by atoms with Crippen LogP contribution in [0, 0.1) is 13.8 Å². The van der Waals surface area contributed by atoms with Gasteiger partial charge in [0.05, 0.1) is 24.0 Å². The first-order chi connectivity index (χ1) is 14.0. The zero-order chi connectivity index (χ0) is 20.5. The Bertz CT molecular complexity index is 1180. The second kappa shape index (κ2) is 7.46. The molecule has 3 aromatic heterocycles. The van der Waals surface area contributed by atoms with E-state index in [-0.39, 0.29) is 5.91 Å². The first kappa shape index (κ1) is 18.8. The summed E-state index contributed by atoms with van der Waals surface area (Å²) in [6, 6.07) is 9.73. The molecule has 150 valence electrons. The maximum Gasteiger partial charge on any atom is 0.269 e. The Hall–Kier alpha value is -3.55. The number of aryl methyl sites for hydroxylation is 2. The lowest BCUT2D eigenvalue weighted by molar-refractivity contribution is 0.0947. The van der Waals surface area contributed by atoms with Crippen LogP contribution in [0.1, 0.15) is 21.9 Å². The van der Waals surface area contributed by atoms with E-state index in [1.807, 2.05) is 56.0 Å². The summed E-state index contributed by atoms with van der Waals surface area (Å²) in [6.45, 7) is 5.08. The number of benzene rings is 1. The molecule has 0 saturated carbocycles. The zero-order valence-electron chi connectivity index (χ0n) is 17.0. The number of hydrogen-bond donors (Lipinski definition) is 2. The molecule has 0 fully saturated rings. The van der Waals surface area contributed by atoms with Crippen molar-refractivity contribution in [2.75, 3.05) is 13.7 Å². The monoisotopic (exact) mass is 392 g/mol. The number of nitrogens with zero attached hydrogens (tertiary/aromatic N) is 4. The molecule has 0 aliphatic heterocycles. The van der Waals surface area contributed by atoms with Crippen LogP contribution < -0.4 is 10.1 Å². The third kappa shape index (κ3) is 3.37. The smallest absolute Gasteiger partial charge is 0.269 e. The predicted molar refractivity (Wildman–Crippen MR) is 111 cm³/mol. The number of H-pyrrole nitrogens is 1. The van der Waals surface area contributed by atoms with Crippen molar-refractivity contribution in [1.82, 2.24) is 29.9 Å². The number of amides is 1. The van der Waals surface area contributed by atoms with Crippen molar-refractivity contribution < 1.29 is 9.53 Å². The van der Waals surface area contributed by atoms with Gasteiger partial charge in [0.15, 0.2) is 0 Å². The van der Waals surface area contributed by atoms with Crippen molar-refractivity contribution in [2.24, 2.45) is 7.05 Å². The average molecular weight is 392 g/mol. The van der Waals surface area contributed by atoms with Crippen LogP contribution in [-0.2, 0) is 13.6 Å². The fourth-order valence-corrected chi connectivity index (χ4v) is 3.66. The molecule has 0 unspecified atom stereocenters. The highest BCUT2D eigenvalue weighted by Crippen LogP contribution is 2.26. The highest BCUT2D eigenvalue weighted by atomic mass is 16.5. The van der Waals surface area contributed by atoms with Crippen molar-refractivity contribution in [3.63, 3.8) is 0 Å².